The monoisotopic (exact) mass is 214 g/mol. The molecule has 0 aromatic rings. The molecule has 0 N–H and O–H groups in total. The van der Waals surface area contributed by atoms with Crippen molar-refractivity contribution in [3.05, 3.63) is 11.1 Å². The highest BCUT2D eigenvalue weighted by molar-refractivity contribution is 7.99. The van der Waals surface area contributed by atoms with Crippen LogP contribution in [0.15, 0.2) is 11.1 Å². The quantitative estimate of drug-likeness (QED) is 0.676. The number of ether oxygens (including phenoxy) is 1. The number of hydrogen-bond acceptors (Lipinski definition) is 3. The minimum absolute atomic E-state index is 0.100. The van der Waals surface area contributed by atoms with Crippen molar-refractivity contribution in [1.29, 1.82) is 0 Å². The third-order valence-electron chi connectivity index (χ3n) is 2.36. The second kappa shape index (κ2) is 5.44. The SMILES string of the molecule is CCOC(=O)C1=C(C(C)C)CSCC1. The van der Waals surface area contributed by atoms with Crippen molar-refractivity contribution in [3.63, 3.8) is 0 Å². The van der Waals surface area contributed by atoms with Crippen molar-refractivity contribution < 1.29 is 9.53 Å². The number of esters is 1. The summed E-state index contributed by atoms with van der Waals surface area (Å²) in [6.07, 6.45) is 0.872. The van der Waals surface area contributed by atoms with E-state index in [4.69, 9.17) is 4.74 Å². The molecule has 1 aliphatic rings. The number of thioether (sulfide) groups is 1. The van der Waals surface area contributed by atoms with Crippen molar-refractivity contribution in [2.24, 2.45) is 5.92 Å². The van der Waals surface area contributed by atoms with Crippen LogP contribution in [0, 0.1) is 5.92 Å². The predicted molar refractivity (Wildman–Crippen MR) is 60.4 cm³/mol. The summed E-state index contributed by atoms with van der Waals surface area (Å²) in [5, 5.41) is 0. The highest BCUT2D eigenvalue weighted by atomic mass is 32.2. The lowest BCUT2D eigenvalue weighted by Gasteiger charge is -2.21. The summed E-state index contributed by atoms with van der Waals surface area (Å²) in [4.78, 5) is 11.6. The number of rotatable bonds is 3. The Bertz CT molecular complexity index is 244. The zero-order valence-corrected chi connectivity index (χ0v) is 9.95. The molecule has 0 bridgehead atoms. The smallest absolute Gasteiger partial charge is 0.334 e. The molecule has 0 aromatic heterocycles. The van der Waals surface area contributed by atoms with Crippen LogP contribution in [0.25, 0.3) is 0 Å². The van der Waals surface area contributed by atoms with Crippen LogP contribution in [-0.4, -0.2) is 24.1 Å². The summed E-state index contributed by atoms with van der Waals surface area (Å²) in [7, 11) is 0. The fourth-order valence-corrected chi connectivity index (χ4v) is 2.79. The molecule has 0 unspecified atom stereocenters. The summed E-state index contributed by atoms with van der Waals surface area (Å²) in [6, 6.07) is 0. The summed E-state index contributed by atoms with van der Waals surface area (Å²) >= 11 is 1.90. The fraction of sp³-hybridized carbons (Fsp3) is 0.727. The summed E-state index contributed by atoms with van der Waals surface area (Å²) in [6.45, 7) is 6.60. The maximum Gasteiger partial charge on any atom is 0.334 e. The van der Waals surface area contributed by atoms with E-state index in [1.54, 1.807) is 0 Å². The van der Waals surface area contributed by atoms with E-state index in [1.807, 2.05) is 18.7 Å². The number of carbonyl (C=O) groups is 1. The van der Waals surface area contributed by atoms with Gasteiger partial charge < -0.3 is 4.74 Å². The van der Waals surface area contributed by atoms with E-state index in [-0.39, 0.29) is 5.97 Å². The van der Waals surface area contributed by atoms with Gasteiger partial charge in [-0.25, -0.2) is 4.79 Å². The van der Waals surface area contributed by atoms with Crippen molar-refractivity contribution in [2.75, 3.05) is 18.1 Å². The van der Waals surface area contributed by atoms with E-state index >= 15 is 0 Å². The lowest BCUT2D eigenvalue weighted by molar-refractivity contribution is -0.138. The van der Waals surface area contributed by atoms with Crippen LogP contribution in [0.1, 0.15) is 27.2 Å². The van der Waals surface area contributed by atoms with Crippen LogP contribution in [0.3, 0.4) is 0 Å². The van der Waals surface area contributed by atoms with E-state index in [1.165, 1.54) is 5.57 Å². The average Bonchev–Trinajstić information content (AvgIpc) is 2.18. The van der Waals surface area contributed by atoms with Gasteiger partial charge in [0.15, 0.2) is 0 Å². The molecule has 1 aliphatic heterocycles. The Morgan fingerprint density at radius 1 is 1.57 bits per heavy atom. The van der Waals surface area contributed by atoms with Gasteiger partial charge in [0.25, 0.3) is 0 Å². The van der Waals surface area contributed by atoms with Crippen molar-refractivity contribution in [2.45, 2.75) is 27.2 Å². The van der Waals surface area contributed by atoms with Crippen LogP contribution in [0.4, 0.5) is 0 Å². The van der Waals surface area contributed by atoms with Crippen molar-refractivity contribution in [1.82, 2.24) is 0 Å². The fourth-order valence-electron chi connectivity index (χ4n) is 1.57. The van der Waals surface area contributed by atoms with Crippen molar-refractivity contribution in [3.8, 4) is 0 Å². The minimum atomic E-state index is -0.100. The third-order valence-corrected chi connectivity index (χ3v) is 3.37. The zero-order valence-electron chi connectivity index (χ0n) is 9.13. The minimum Gasteiger partial charge on any atom is -0.463 e. The second-order valence-corrected chi connectivity index (χ2v) is 4.79. The molecule has 1 heterocycles. The lowest BCUT2D eigenvalue weighted by Crippen LogP contribution is -2.17. The standard InChI is InChI=1S/C11H18O2S/c1-4-13-11(12)9-5-6-14-7-10(9)8(2)3/h8H,4-7H2,1-3H3. The molecule has 1 rings (SSSR count). The Morgan fingerprint density at radius 2 is 2.29 bits per heavy atom. The van der Waals surface area contributed by atoms with E-state index in [2.05, 4.69) is 13.8 Å². The molecule has 0 amide bonds. The van der Waals surface area contributed by atoms with E-state index in [0.29, 0.717) is 12.5 Å². The Hall–Kier alpha value is -0.440. The summed E-state index contributed by atoms with van der Waals surface area (Å²) in [5.74, 6) is 2.40. The van der Waals surface area contributed by atoms with Gasteiger partial charge in [0.05, 0.1) is 6.61 Å². The molecule has 0 saturated carbocycles. The molecular weight excluding hydrogens is 196 g/mol. The van der Waals surface area contributed by atoms with Crippen LogP contribution >= 0.6 is 11.8 Å². The van der Waals surface area contributed by atoms with Crippen LogP contribution in [0.5, 0.6) is 0 Å². The van der Waals surface area contributed by atoms with Gasteiger partial charge in [-0.15, -0.1) is 0 Å². The van der Waals surface area contributed by atoms with Gasteiger partial charge in [-0.1, -0.05) is 13.8 Å². The number of hydrogen-bond donors (Lipinski definition) is 0. The Labute approximate surface area is 90.1 Å². The van der Waals surface area contributed by atoms with Gasteiger partial charge in [-0.05, 0) is 30.6 Å². The Balaban J connectivity index is 2.82. The first-order valence-corrected chi connectivity index (χ1v) is 6.29. The first-order valence-electron chi connectivity index (χ1n) is 5.13. The van der Waals surface area contributed by atoms with Gasteiger partial charge in [0, 0.05) is 11.3 Å². The van der Waals surface area contributed by atoms with Gasteiger partial charge in [0.1, 0.15) is 0 Å². The topological polar surface area (TPSA) is 26.3 Å². The van der Waals surface area contributed by atoms with Gasteiger partial charge >= 0.3 is 5.97 Å². The molecule has 0 aromatic carbocycles. The molecule has 0 saturated heterocycles. The molecular formula is C11H18O2S. The van der Waals surface area contributed by atoms with Gasteiger partial charge in [-0.3, -0.25) is 0 Å². The van der Waals surface area contributed by atoms with E-state index < -0.39 is 0 Å². The Kier molecular flexibility index (Phi) is 4.52. The average molecular weight is 214 g/mol. The van der Waals surface area contributed by atoms with Crippen molar-refractivity contribution >= 4 is 17.7 Å². The molecule has 80 valence electrons. The zero-order chi connectivity index (χ0) is 10.6. The predicted octanol–water partition coefficient (Wildman–Crippen LogP) is 2.64. The molecule has 14 heavy (non-hydrogen) atoms. The molecule has 0 spiro atoms. The highest BCUT2D eigenvalue weighted by Gasteiger charge is 2.21. The van der Waals surface area contributed by atoms with Gasteiger partial charge in [0.2, 0.25) is 0 Å². The molecule has 2 nitrogen and oxygen atoms in total. The Morgan fingerprint density at radius 3 is 2.86 bits per heavy atom. The highest BCUT2D eigenvalue weighted by Crippen LogP contribution is 2.29. The molecule has 3 heteroatoms. The maximum absolute atomic E-state index is 11.6. The molecule has 0 fully saturated rings. The maximum atomic E-state index is 11.6. The molecule has 0 aliphatic carbocycles. The number of carbonyl (C=O) groups excluding carboxylic acids is 1. The largest absolute Gasteiger partial charge is 0.463 e. The first-order chi connectivity index (χ1) is 6.66. The third kappa shape index (κ3) is 2.77. The summed E-state index contributed by atoms with van der Waals surface area (Å²) in [5.41, 5.74) is 2.21. The first kappa shape index (κ1) is 11.6. The second-order valence-electron chi connectivity index (χ2n) is 3.68. The lowest BCUT2D eigenvalue weighted by atomic mass is 9.97. The van der Waals surface area contributed by atoms with E-state index in [9.17, 15) is 4.79 Å². The van der Waals surface area contributed by atoms with Crippen LogP contribution in [-0.2, 0) is 9.53 Å². The molecule has 0 atom stereocenters. The van der Waals surface area contributed by atoms with Crippen LogP contribution in [0.2, 0.25) is 0 Å². The normalized spacial score (nSPS) is 17.4. The molecule has 0 radical (unpaired) electrons. The van der Waals surface area contributed by atoms with Crippen LogP contribution < -0.4 is 0 Å². The van der Waals surface area contributed by atoms with E-state index in [0.717, 1.165) is 23.5 Å². The summed E-state index contributed by atoms with van der Waals surface area (Å²) < 4.78 is 5.06. The van der Waals surface area contributed by atoms with Gasteiger partial charge in [-0.2, -0.15) is 11.8 Å².